The first kappa shape index (κ1) is 21.2. The van der Waals surface area contributed by atoms with E-state index in [1.165, 1.54) is 35.6 Å². The van der Waals surface area contributed by atoms with E-state index in [0.29, 0.717) is 16.4 Å². The molecule has 0 aliphatic rings. The molecular formula is C20H20FN5O3S. The van der Waals surface area contributed by atoms with Crippen LogP contribution in [0.15, 0.2) is 41.9 Å². The highest BCUT2D eigenvalue weighted by atomic mass is 32.1. The smallest absolute Gasteiger partial charge is 0.265 e. The van der Waals surface area contributed by atoms with Crippen LogP contribution < -0.4 is 16.4 Å². The van der Waals surface area contributed by atoms with Gasteiger partial charge < -0.3 is 21.4 Å². The molecule has 3 rings (SSSR count). The molecule has 5 N–H and O–H groups in total. The van der Waals surface area contributed by atoms with Gasteiger partial charge in [-0.1, -0.05) is 13.8 Å². The summed E-state index contributed by atoms with van der Waals surface area (Å²) in [5.74, 6) is -2.13. The zero-order chi connectivity index (χ0) is 21.8. The molecule has 10 heteroatoms. The Hall–Kier alpha value is -3.53. The minimum atomic E-state index is -0.816. The third kappa shape index (κ3) is 4.90. The van der Waals surface area contributed by atoms with Crippen molar-refractivity contribution in [3.8, 4) is 11.3 Å². The lowest BCUT2D eigenvalue weighted by atomic mass is 10.0. The maximum Gasteiger partial charge on any atom is 0.265 e. The Bertz CT molecular complexity index is 1070. The van der Waals surface area contributed by atoms with Crippen molar-refractivity contribution in [3.05, 3.63) is 59.0 Å². The van der Waals surface area contributed by atoms with E-state index in [9.17, 15) is 18.8 Å². The van der Waals surface area contributed by atoms with Crippen LogP contribution in [0.5, 0.6) is 0 Å². The van der Waals surface area contributed by atoms with Crippen LogP contribution in [-0.4, -0.2) is 33.7 Å². The lowest BCUT2D eigenvalue weighted by Crippen LogP contribution is -2.47. The van der Waals surface area contributed by atoms with Crippen molar-refractivity contribution in [1.82, 2.24) is 15.3 Å². The van der Waals surface area contributed by atoms with Crippen LogP contribution in [0.3, 0.4) is 0 Å². The van der Waals surface area contributed by atoms with Crippen LogP contribution in [0, 0.1) is 11.7 Å². The van der Waals surface area contributed by atoms with Gasteiger partial charge in [0.05, 0.1) is 5.69 Å². The lowest BCUT2D eigenvalue weighted by molar-refractivity contribution is -0.118. The van der Waals surface area contributed by atoms with E-state index in [0.717, 1.165) is 0 Å². The summed E-state index contributed by atoms with van der Waals surface area (Å²) in [6.07, 6.45) is 1.60. The fraction of sp³-hybridized carbons (Fsp3) is 0.200. The molecule has 3 amide bonds. The molecule has 2 heterocycles. The van der Waals surface area contributed by atoms with Crippen LogP contribution in [0.1, 0.15) is 34.7 Å². The summed E-state index contributed by atoms with van der Waals surface area (Å²) >= 11 is 1.21. The fourth-order valence-electron chi connectivity index (χ4n) is 2.69. The standard InChI is InChI=1S/C20H20FN5O3S/c1-10(2)16(25-18(28)11-3-5-13(21)6-4-11)19(29)26-20-24-15(9-30-20)12-7-14(17(22)27)23-8-12/h3-10,16,23H,1-2H3,(H2,22,27)(H,25,28)(H,24,26,29). The number of aromatic amines is 1. The molecule has 0 aliphatic carbocycles. The molecule has 2 aromatic heterocycles. The number of hydrogen-bond donors (Lipinski definition) is 4. The quantitative estimate of drug-likeness (QED) is 0.460. The molecular weight excluding hydrogens is 409 g/mol. The Labute approximate surface area is 175 Å². The Morgan fingerprint density at radius 1 is 1.20 bits per heavy atom. The van der Waals surface area contributed by atoms with E-state index < -0.39 is 29.6 Å². The van der Waals surface area contributed by atoms with Gasteiger partial charge in [0.25, 0.3) is 11.8 Å². The third-order valence-corrected chi connectivity index (χ3v) is 5.08. The van der Waals surface area contributed by atoms with Gasteiger partial charge in [-0.15, -0.1) is 11.3 Å². The molecule has 3 aromatic rings. The molecule has 0 fully saturated rings. The second-order valence-electron chi connectivity index (χ2n) is 6.90. The van der Waals surface area contributed by atoms with Crippen molar-refractivity contribution in [2.45, 2.75) is 19.9 Å². The summed E-state index contributed by atoms with van der Waals surface area (Å²) in [6.45, 7) is 3.60. The largest absolute Gasteiger partial charge is 0.364 e. The second-order valence-corrected chi connectivity index (χ2v) is 7.75. The minimum Gasteiger partial charge on any atom is -0.364 e. The highest BCUT2D eigenvalue weighted by Gasteiger charge is 2.25. The molecule has 8 nitrogen and oxygen atoms in total. The molecule has 0 radical (unpaired) electrons. The second kappa shape index (κ2) is 8.87. The summed E-state index contributed by atoms with van der Waals surface area (Å²) in [7, 11) is 0. The molecule has 1 unspecified atom stereocenters. The number of thiazole rings is 1. The van der Waals surface area contributed by atoms with Crippen LogP contribution in [0.25, 0.3) is 11.3 Å². The van der Waals surface area contributed by atoms with Crippen molar-refractivity contribution in [2.75, 3.05) is 5.32 Å². The van der Waals surface area contributed by atoms with E-state index in [4.69, 9.17) is 5.73 Å². The molecule has 30 heavy (non-hydrogen) atoms. The number of nitrogens with zero attached hydrogens (tertiary/aromatic N) is 1. The Balaban J connectivity index is 1.69. The molecule has 0 spiro atoms. The molecule has 1 atom stereocenters. The number of amides is 3. The number of carbonyl (C=O) groups excluding carboxylic acids is 3. The van der Waals surface area contributed by atoms with Crippen molar-refractivity contribution in [2.24, 2.45) is 11.7 Å². The molecule has 0 aliphatic heterocycles. The summed E-state index contributed by atoms with van der Waals surface area (Å²) in [5.41, 5.74) is 6.96. The maximum atomic E-state index is 13.1. The number of primary amides is 1. The fourth-order valence-corrected chi connectivity index (χ4v) is 3.41. The van der Waals surface area contributed by atoms with Crippen molar-refractivity contribution >= 4 is 34.2 Å². The number of H-pyrrole nitrogens is 1. The van der Waals surface area contributed by atoms with E-state index in [1.807, 2.05) is 0 Å². The molecule has 0 saturated carbocycles. The van der Waals surface area contributed by atoms with Crippen LogP contribution in [0.2, 0.25) is 0 Å². The van der Waals surface area contributed by atoms with Crippen molar-refractivity contribution in [3.63, 3.8) is 0 Å². The number of aromatic nitrogens is 2. The normalized spacial score (nSPS) is 11.9. The number of halogens is 1. The van der Waals surface area contributed by atoms with Gasteiger partial charge in [-0.05, 0) is 36.2 Å². The summed E-state index contributed by atoms with van der Waals surface area (Å²) in [4.78, 5) is 43.4. The van der Waals surface area contributed by atoms with Crippen LogP contribution >= 0.6 is 11.3 Å². The zero-order valence-electron chi connectivity index (χ0n) is 16.2. The number of benzene rings is 1. The lowest BCUT2D eigenvalue weighted by Gasteiger charge is -2.21. The first-order chi connectivity index (χ1) is 14.2. The first-order valence-electron chi connectivity index (χ1n) is 9.06. The van der Waals surface area contributed by atoms with Gasteiger partial charge >= 0.3 is 0 Å². The number of nitrogens with one attached hydrogen (secondary N) is 3. The highest BCUT2D eigenvalue weighted by Crippen LogP contribution is 2.25. The predicted octanol–water partition coefficient (Wildman–Crippen LogP) is 2.77. The average molecular weight is 429 g/mol. The van der Waals surface area contributed by atoms with Gasteiger partial charge in [-0.3, -0.25) is 14.4 Å². The summed E-state index contributed by atoms with van der Waals surface area (Å²) in [6, 6.07) is 5.82. The van der Waals surface area contributed by atoms with Gasteiger partial charge in [0.15, 0.2) is 5.13 Å². The topological polar surface area (TPSA) is 130 Å². The average Bonchev–Trinajstić information content (AvgIpc) is 3.35. The number of anilines is 1. The number of carbonyl (C=O) groups is 3. The zero-order valence-corrected chi connectivity index (χ0v) is 17.0. The summed E-state index contributed by atoms with van der Waals surface area (Å²) < 4.78 is 13.1. The maximum absolute atomic E-state index is 13.1. The third-order valence-electron chi connectivity index (χ3n) is 4.32. The van der Waals surface area contributed by atoms with E-state index in [2.05, 4.69) is 20.6 Å². The number of nitrogens with two attached hydrogens (primary N) is 1. The highest BCUT2D eigenvalue weighted by molar-refractivity contribution is 7.14. The van der Waals surface area contributed by atoms with Gasteiger partial charge in [0.2, 0.25) is 5.91 Å². The number of hydrogen-bond acceptors (Lipinski definition) is 5. The van der Waals surface area contributed by atoms with Gasteiger partial charge in [0, 0.05) is 22.7 Å². The SMILES string of the molecule is CC(C)C(NC(=O)c1ccc(F)cc1)C(=O)Nc1nc(-c2c[nH]c(C(N)=O)c2)cs1. The van der Waals surface area contributed by atoms with Crippen LogP contribution in [-0.2, 0) is 4.79 Å². The molecule has 0 bridgehead atoms. The molecule has 0 saturated heterocycles. The van der Waals surface area contributed by atoms with Gasteiger partial charge in [0.1, 0.15) is 17.6 Å². The minimum absolute atomic E-state index is 0.198. The van der Waals surface area contributed by atoms with Gasteiger partial charge in [-0.2, -0.15) is 0 Å². The monoisotopic (exact) mass is 429 g/mol. The Morgan fingerprint density at radius 3 is 2.50 bits per heavy atom. The van der Waals surface area contributed by atoms with E-state index in [1.54, 1.807) is 31.5 Å². The van der Waals surface area contributed by atoms with E-state index >= 15 is 0 Å². The molecule has 156 valence electrons. The van der Waals surface area contributed by atoms with Crippen molar-refractivity contribution in [1.29, 1.82) is 0 Å². The Morgan fingerprint density at radius 2 is 1.90 bits per heavy atom. The predicted molar refractivity (Wildman–Crippen MR) is 112 cm³/mol. The number of rotatable bonds is 7. The van der Waals surface area contributed by atoms with E-state index in [-0.39, 0.29) is 17.2 Å². The van der Waals surface area contributed by atoms with Crippen LogP contribution in [0.4, 0.5) is 9.52 Å². The summed E-state index contributed by atoms with van der Waals surface area (Å²) in [5, 5.41) is 7.45. The van der Waals surface area contributed by atoms with Gasteiger partial charge in [-0.25, -0.2) is 9.37 Å². The first-order valence-corrected chi connectivity index (χ1v) is 9.94. The van der Waals surface area contributed by atoms with Crippen molar-refractivity contribution < 1.29 is 18.8 Å². The molecule has 1 aromatic carbocycles. The Kier molecular flexibility index (Phi) is 6.26.